The monoisotopic (exact) mass is 680 g/mol. The summed E-state index contributed by atoms with van der Waals surface area (Å²) in [5.74, 6) is -1.23. The van der Waals surface area contributed by atoms with Gasteiger partial charge in [0.15, 0.2) is 6.10 Å². The number of aliphatic hydroxyl groups excluding tert-OH is 3. The Labute approximate surface area is 288 Å². The first-order chi connectivity index (χ1) is 22.4. The highest BCUT2D eigenvalue weighted by Gasteiger charge is 2.39. The molecule has 11 heteroatoms. The second kappa shape index (κ2) is 19.2. The van der Waals surface area contributed by atoms with Crippen LogP contribution >= 0.6 is 0 Å². The van der Waals surface area contributed by atoms with Crippen LogP contribution in [0.1, 0.15) is 87.5 Å². The summed E-state index contributed by atoms with van der Waals surface area (Å²) >= 11 is 0. The molecule has 1 fully saturated rings. The van der Waals surface area contributed by atoms with E-state index < -0.39 is 53.8 Å². The summed E-state index contributed by atoms with van der Waals surface area (Å²) in [4.78, 5) is 30.1. The lowest BCUT2D eigenvalue weighted by Crippen LogP contribution is -2.51. The zero-order valence-corrected chi connectivity index (χ0v) is 30.8. The van der Waals surface area contributed by atoms with Crippen molar-refractivity contribution in [3.63, 3.8) is 0 Å². The summed E-state index contributed by atoms with van der Waals surface area (Å²) in [7, 11) is 2.02. The lowest BCUT2D eigenvalue weighted by Gasteiger charge is -2.38. The molecule has 2 aliphatic heterocycles. The number of piperazine rings is 1. The van der Waals surface area contributed by atoms with Crippen LogP contribution in [0.3, 0.4) is 0 Å². The molecule has 10 atom stereocenters. The van der Waals surface area contributed by atoms with Gasteiger partial charge in [-0.15, -0.1) is 0 Å². The number of carbonyl (C=O) groups excluding carboxylic acids is 2. The zero-order chi connectivity index (χ0) is 36.2. The standard InChI is InChI=1S/C37H64N2O9/c1-10-30(41)27(5)28(6)31(42)24-36(7,45)17-12-13-25(3)34-26(4)14-15-32(47-35(44)39-21-19-38(9)20-22-39)37(8,46-11-2)18-16-29(40)23-33(43)48-34/h12-15,17,26-32,34,40-42,45H,10-11,16,18-24H2,1-9H3/b15-14+,17-12+,25-13+. The van der Waals surface area contributed by atoms with E-state index in [1.807, 2.05) is 61.6 Å². The highest BCUT2D eigenvalue weighted by atomic mass is 16.6. The van der Waals surface area contributed by atoms with Crippen molar-refractivity contribution in [2.75, 3.05) is 39.8 Å². The van der Waals surface area contributed by atoms with Crippen LogP contribution in [0.5, 0.6) is 0 Å². The molecule has 1 amide bonds. The number of nitrogens with zero attached hydrogens (tertiary/aromatic N) is 2. The van der Waals surface area contributed by atoms with E-state index in [1.54, 1.807) is 36.1 Å². The molecule has 276 valence electrons. The smallest absolute Gasteiger partial charge is 0.410 e. The van der Waals surface area contributed by atoms with E-state index in [1.165, 1.54) is 0 Å². The van der Waals surface area contributed by atoms with Crippen molar-refractivity contribution >= 4 is 12.1 Å². The Morgan fingerprint density at radius 1 is 1.15 bits per heavy atom. The van der Waals surface area contributed by atoms with Crippen molar-refractivity contribution in [1.29, 1.82) is 0 Å². The maximum atomic E-state index is 13.3. The molecule has 2 heterocycles. The molecule has 0 aromatic rings. The highest BCUT2D eigenvalue weighted by molar-refractivity contribution is 5.70. The van der Waals surface area contributed by atoms with Crippen LogP contribution < -0.4 is 0 Å². The molecule has 1 saturated heterocycles. The molecule has 4 N–H and O–H groups in total. The Morgan fingerprint density at radius 2 is 1.77 bits per heavy atom. The third-order valence-electron chi connectivity index (χ3n) is 10.1. The van der Waals surface area contributed by atoms with E-state index in [0.717, 1.165) is 13.1 Å². The summed E-state index contributed by atoms with van der Waals surface area (Å²) < 4.78 is 18.2. The first kappa shape index (κ1) is 41.9. The summed E-state index contributed by atoms with van der Waals surface area (Å²) in [6.07, 6.45) is 5.57. The van der Waals surface area contributed by atoms with Crippen molar-refractivity contribution in [3.05, 3.63) is 36.0 Å². The van der Waals surface area contributed by atoms with Crippen LogP contribution in [-0.2, 0) is 19.0 Å². The summed E-state index contributed by atoms with van der Waals surface area (Å²) in [5, 5.41) is 42.8. The zero-order valence-electron chi connectivity index (χ0n) is 30.8. The Balaban J connectivity index is 2.32. The van der Waals surface area contributed by atoms with E-state index in [4.69, 9.17) is 14.2 Å². The van der Waals surface area contributed by atoms with Crippen molar-refractivity contribution in [3.8, 4) is 0 Å². The number of allylic oxidation sites excluding steroid dienone is 2. The topological polar surface area (TPSA) is 149 Å². The second-order valence-corrected chi connectivity index (χ2v) is 14.5. The average molecular weight is 681 g/mol. The minimum atomic E-state index is -1.33. The Kier molecular flexibility index (Phi) is 16.8. The van der Waals surface area contributed by atoms with Gasteiger partial charge in [0.25, 0.3) is 0 Å². The number of hydrogen-bond donors (Lipinski definition) is 4. The molecule has 48 heavy (non-hydrogen) atoms. The molecule has 0 saturated carbocycles. The molecule has 0 bridgehead atoms. The fourth-order valence-electron chi connectivity index (χ4n) is 6.35. The van der Waals surface area contributed by atoms with Crippen LogP contribution in [0.2, 0.25) is 0 Å². The number of rotatable bonds is 12. The number of esters is 1. The fraction of sp³-hybridized carbons (Fsp3) is 0.784. The molecule has 0 aromatic carbocycles. The second-order valence-electron chi connectivity index (χ2n) is 14.5. The van der Waals surface area contributed by atoms with Gasteiger partial charge in [-0.1, -0.05) is 52.0 Å². The molecular formula is C37H64N2O9. The van der Waals surface area contributed by atoms with E-state index in [2.05, 4.69) is 4.90 Å². The number of carbonyl (C=O) groups is 2. The Morgan fingerprint density at radius 3 is 2.38 bits per heavy atom. The van der Waals surface area contributed by atoms with Crippen LogP contribution in [-0.4, -0.2) is 124 Å². The molecule has 0 spiro atoms. The Bertz CT molecular complexity index is 1100. The number of ether oxygens (including phenoxy) is 3. The molecule has 0 aliphatic carbocycles. The first-order valence-corrected chi connectivity index (χ1v) is 17.7. The third-order valence-corrected chi connectivity index (χ3v) is 10.1. The van der Waals surface area contributed by atoms with Crippen LogP contribution in [0.4, 0.5) is 4.79 Å². The molecule has 2 aliphatic rings. The molecule has 0 aromatic heterocycles. The van der Waals surface area contributed by atoms with Gasteiger partial charge in [0.2, 0.25) is 0 Å². The third kappa shape index (κ3) is 12.9. The van der Waals surface area contributed by atoms with Gasteiger partial charge in [-0.3, -0.25) is 4.79 Å². The van der Waals surface area contributed by atoms with Crippen LogP contribution in [0.25, 0.3) is 0 Å². The minimum Gasteiger partial charge on any atom is -0.457 e. The minimum absolute atomic E-state index is 0.0839. The van der Waals surface area contributed by atoms with E-state index >= 15 is 0 Å². The first-order valence-electron chi connectivity index (χ1n) is 17.7. The predicted molar refractivity (Wildman–Crippen MR) is 186 cm³/mol. The highest BCUT2D eigenvalue weighted by Crippen LogP contribution is 2.31. The number of aliphatic hydroxyl groups is 4. The average Bonchev–Trinajstić information content (AvgIpc) is 3.02. The molecular weight excluding hydrogens is 616 g/mol. The van der Waals surface area contributed by atoms with Crippen molar-refractivity contribution in [2.24, 2.45) is 17.8 Å². The van der Waals surface area contributed by atoms with Gasteiger partial charge in [-0.2, -0.15) is 0 Å². The van der Waals surface area contributed by atoms with Gasteiger partial charge < -0.3 is 44.4 Å². The molecule has 10 unspecified atom stereocenters. The maximum Gasteiger partial charge on any atom is 0.410 e. The van der Waals surface area contributed by atoms with Gasteiger partial charge in [-0.25, -0.2) is 4.79 Å². The largest absolute Gasteiger partial charge is 0.457 e. The van der Waals surface area contributed by atoms with E-state index in [9.17, 15) is 30.0 Å². The van der Waals surface area contributed by atoms with Gasteiger partial charge in [-0.05, 0) is 77.5 Å². The quantitative estimate of drug-likeness (QED) is 0.134. The number of likely N-dealkylation sites (N-methyl/N-ethyl adjacent to an activating group) is 1. The SMILES string of the molecule is CCOC1(C)CCC(O)CC(=O)OC(/C(C)=C/C=C/C(C)(O)CC(O)C(C)C(C)C(O)CC)C(C)/C=C/C1OC(=O)N1CCN(C)CC1. The van der Waals surface area contributed by atoms with Crippen LogP contribution in [0.15, 0.2) is 36.0 Å². The summed E-state index contributed by atoms with van der Waals surface area (Å²) in [6, 6.07) is 0. The number of hydrogen-bond acceptors (Lipinski definition) is 10. The van der Waals surface area contributed by atoms with Crippen molar-refractivity contribution < 1.29 is 44.2 Å². The normalized spacial score (nSPS) is 31.5. The number of cyclic esters (lactones) is 1. The number of amides is 1. The van der Waals surface area contributed by atoms with E-state index in [-0.39, 0.29) is 37.0 Å². The predicted octanol–water partition coefficient (Wildman–Crippen LogP) is 4.23. The summed E-state index contributed by atoms with van der Waals surface area (Å²) in [6.45, 7) is 17.8. The Hall–Kier alpha value is -2.28. The van der Waals surface area contributed by atoms with Crippen molar-refractivity contribution in [2.45, 2.75) is 129 Å². The van der Waals surface area contributed by atoms with Gasteiger partial charge in [0.1, 0.15) is 11.7 Å². The molecule has 11 nitrogen and oxygen atoms in total. The fourth-order valence-corrected chi connectivity index (χ4v) is 6.35. The van der Waals surface area contributed by atoms with Gasteiger partial charge in [0.05, 0.1) is 30.3 Å². The van der Waals surface area contributed by atoms with Crippen LogP contribution in [0, 0.1) is 17.8 Å². The lowest BCUT2D eigenvalue weighted by atomic mass is 9.81. The van der Waals surface area contributed by atoms with E-state index in [0.29, 0.717) is 38.1 Å². The molecule has 2 rings (SSSR count). The summed E-state index contributed by atoms with van der Waals surface area (Å²) in [5.41, 5.74) is -1.57. The van der Waals surface area contributed by atoms with Gasteiger partial charge >= 0.3 is 12.1 Å². The molecule has 0 radical (unpaired) electrons. The maximum absolute atomic E-state index is 13.3. The van der Waals surface area contributed by atoms with Gasteiger partial charge in [0, 0.05) is 45.1 Å². The lowest BCUT2D eigenvalue weighted by molar-refractivity contribution is -0.152. The van der Waals surface area contributed by atoms with Crippen molar-refractivity contribution in [1.82, 2.24) is 9.80 Å².